The van der Waals surface area contributed by atoms with E-state index in [1.807, 2.05) is 13.8 Å². The van der Waals surface area contributed by atoms with Crippen LogP contribution in [-0.4, -0.2) is 17.0 Å². The van der Waals surface area contributed by atoms with Gasteiger partial charge in [-0.25, -0.2) is 0 Å². The van der Waals surface area contributed by atoms with Crippen molar-refractivity contribution in [2.45, 2.75) is 26.7 Å². The number of benzene rings is 1. The molecule has 1 aromatic carbocycles. The first-order valence-electron chi connectivity index (χ1n) is 5.43. The van der Waals surface area contributed by atoms with Gasteiger partial charge in [0.15, 0.2) is 0 Å². The molecule has 0 amide bonds. The molecule has 1 unspecified atom stereocenters. The summed E-state index contributed by atoms with van der Waals surface area (Å²) in [4.78, 5) is 21.9. The second-order valence-electron chi connectivity index (χ2n) is 4.22. The van der Waals surface area contributed by atoms with Gasteiger partial charge in [0.1, 0.15) is 5.75 Å². The number of ether oxygens (including phenoxy) is 1. The summed E-state index contributed by atoms with van der Waals surface area (Å²) in [5, 5.41) is 9.13. The van der Waals surface area contributed by atoms with Gasteiger partial charge in [-0.2, -0.15) is 0 Å². The molecule has 1 N–H and O–H groups in total. The Bertz CT molecular complexity index is 406. The summed E-state index contributed by atoms with van der Waals surface area (Å²) < 4.78 is 4.88. The molecule has 0 fully saturated rings. The predicted octanol–water partition coefficient (Wildman–Crippen LogP) is 2.44. The minimum absolute atomic E-state index is 0.00655. The van der Waals surface area contributed by atoms with Crippen LogP contribution in [0.2, 0.25) is 0 Å². The van der Waals surface area contributed by atoms with E-state index in [0.717, 1.165) is 0 Å². The van der Waals surface area contributed by atoms with E-state index >= 15 is 0 Å². The van der Waals surface area contributed by atoms with E-state index in [1.54, 1.807) is 24.3 Å². The quantitative estimate of drug-likeness (QED) is 0.644. The number of hydrogen-bond donors (Lipinski definition) is 1. The zero-order valence-electron chi connectivity index (χ0n) is 10.1. The summed E-state index contributed by atoms with van der Waals surface area (Å²) in [6.07, 6.45) is 0. The standard InChI is InChI=1S/C13H16O4/c1-8(2)12(13(15)16)10-4-6-11(7-5-10)17-9(3)14/h4-8,12H,1-3H3,(H,15,16). The van der Waals surface area contributed by atoms with Crippen molar-refractivity contribution in [3.05, 3.63) is 29.8 Å². The Morgan fingerprint density at radius 1 is 1.18 bits per heavy atom. The van der Waals surface area contributed by atoms with Gasteiger partial charge in [0.2, 0.25) is 0 Å². The van der Waals surface area contributed by atoms with Gasteiger partial charge in [0.25, 0.3) is 0 Å². The van der Waals surface area contributed by atoms with Crippen LogP contribution in [0.25, 0.3) is 0 Å². The Balaban J connectivity index is 2.92. The van der Waals surface area contributed by atoms with Gasteiger partial charge >= 0.3 is 11.9 Å². The van der Waals surface area contributed by atoms with Gasteiger partial charge in [0.05, 0.1) is 5.92 Å². The van der Waals surface area contributed by atoms with Crippen molar-refractivity contribution in [1.29, 1.82) is 0 Å². The molecule has 1 atom stereocenters. The van der Waals surface area contributed by atoms with Crippen LogP contribution in [0, 0.1) is 5.92 Å². The highest BCUT2D eigenvalue weighted by molar-refractivity contribution is 5.76. The maximum Gasteiger partial charge on any atom is 0.311 e. The van der Waals surface area contributed by atoms with E-state index in [1.165, 1.54) is 6.92 Å². The van der Waals surface area contributed by atoms with Gasteiger partial charge in [0, 0.05) is 6.92 Å². The summed E-state index contributed by atoms with van der Waals surface area (Å²) in [5.74, 6) is -1.35. The van der Waals surface area contributed by atoms with Crippen molar-refractivity contribution in [2.24, 2.45) is 5.92 Å². The third kappa shape index (κ3) is 3.59. The molecular weight excluding hydrogens is 220 g/mol. The number of rotatable bonds is 4. The molecule has 1 rings (SSSR count). The van der Waals surface area contributed by atoms with Crippen molar-refractivity contribution < 1.29 is 19.4 Å². The van der Waals surface area contributed by atoms with E-state index in [-0.39, 0.29) is 5.92 Å². The van der Waals surface area contributed by atoms with Crippen molar-refractivity contribution in [2.75, 3.05) is 0 Å². The largest absolute Gasteiger partial charge is 0.481 e. The monoisotopic (exact) mass is 236 g/mol. The van der Waals surface area contributed by atoms with E-state index in [2.05, 4.69) is 0 Å². The highest BCUT2D eigenvalue weighted by Crippen LogP contribution is 2.26. The fraction of sp³-hybridized carbons (Fsp3) is 0.385. The molecule has 0 aliphatic carbocycles. The molecule has 0 bridgehead atoms. The summed E-state index contributed by atoms with van der Waals surface area (Å²) >= 11 is 0. The lowest BCUT2D eigenvalue weighted by Gasteiger charge is -2.16. The van der Waals surface area contributed by atoms with Gasteiger partial charge in [-0.05, 0) is 23.6 Å². The molecule has 17 heavy (non-hydrogen) atoms. The van der Waals surface area contributed by atoms with E-state index in [0.29, 0.717) is 11.3 Å². The lowest BCUT2D eigenvalue weighted by molar-refractivity contribution is -0.140. The zero-order valence-corrected chi connectivity index (χ0v) is 10.1. The molecule has 0 heterocycles. The Kier molecular flexibility index (Phi) is 4.26. The Hall–Kier alpha value is -1.84. The highest BCUT2D eigenvalue weighted by Gasteiger charge is 2.23. The van der Waals surface area contributed by atoms with Gasteiger partial charge in [-0.3, -0.25) is 9.59 Å². The molecular formula is C13H16O4. The average molecular weight is 236 g/mol. The van der Waals surface area contributed by atoms with Crippen LogP contribution < -0.4 is 4.74 Å². The molecule has 0 saturated carbocycles. The zero-order chi connectivity index (χ0) is 13.0. The highest BCUT2D eigenvalue weighted by atomic mass is 16.5. The van der Waals surface area contributed by atoms with E-state index in [9.17, 15) is 9.59 Å². The summed E-state index contributed by atoms with van der Waals surface area (Å²) in [6.45, 7) is 5.04. The van der Waals surface area contributed by atoms with Crippen LogP contribution in [-0.2, 0) is 9.59 Å². The lowest BCUT2D eigenvalue weighted by atomic mass is 9.88. The molecule has 1 aromatic rings. The number of esters is 1. The molecule has 4 nitrogen and oxygen atoms in total. The van der Waals surface area contributed by atoms with Crippen molar-refractivity contribution >= 4 is 11.9 Å². The fourth-order valence-corrected chi connectivity index (χ4v) is 1.72. The van der Waals surface area contributed by atoms with Crippen LogP contribution in [0.1, 0.15) is 32.3 Å². The molecule has 0 aromatic heterocycles. The average Bonchev–Trinajstić information content (AvgIpc) is 2.18. The first kappa shape index (κ1) is 13.2. The van der Waals surface area contributed by atoms with Crippen LogP contribution in [0.3, 0.4) is 0 Å². The number of hydrogen-bond acceptors (Lipinski definition) is 3. The van der Waals surface area contributed by atoms with Crippen molar-refractivity contribution in [1.82, 2.24) is 0 Å². The lowest BCUT2D eigenvalue weighted by Crippen LogP contribution is -2.17. The molecule has 4 heteroatoms. The van der Waals surface area contributed by atoms with Crippen molar-refractivity contribution in [3.8, 4) is 5.75 Å². The number of carbonyl (C=O) groups excluding carboxylic acids is 1. The third-order valence-electron chi connectivity index (χ3n) is 2.43. The fourth-order valence-electron chi connectivity index (χ4n) is 1.72. The Morgan fingerprint density at radius 2 is 1.71 bits per heavy atom. The normalized spacial score (nSPS) is 12.2. The molecule has 0 radical (unpaired) electrons. The minimum atomic E-state index is -0.847. The Morgan fingerprint density at radius 3 is 2.06 bits per heavy atom. The minimum Gasteiger partial charge on any atom is -0.481 e. The number of aliphatic carboxylic acids is 1. The van der Waals surface area contributed by atoms with Gasteiger partial charge < -0.3 is 9.84 Å². The van der Waals surface area contributed by atoms with Crippen LogP contribution >= 0.6 is 0 Å². The molecule has 0 spiro atoms. The first-order valence-corrected chi connectivity index (χ1v) is 5.43. The van der Waals surface area contributed by atoms with E-state index < -0.39 is 17.9 Å². The topological polar surface area (TPSA) is 63.6 Å². The van der Waals surface area contributed by atoms with Crippen LogP contribution in [0.4, 0.5) is 0 Å². The summed E-state index contributed by atoms with van der Waals surface area (Å²) in [7, 11) is 0. The second-order valence-corrected chi connectivity index (χ2v) is 4.22. The SMILES string of the molecule is CC(=O)Oc1ccc(C(C(=O)O)C(C)C)cc1. The molecule has 0 aliphatic heterocycles. The third-order valence-corrected chi connectivity index (χ3v) is 2.43. The maximum absolute atomic E-state index is 11.1. The first-order chi connectivity index (χ1) is 7.91. The number of carboxylic acid groups (broad SMARTS) is 1. The maximum atomic E-state index is 11.1. The predicted molar refractivity (Wildman–Crippen MR) is 63.0 cm³/mol. The van der Waals surface area contributed by atoms with Crippen LogP contribution in [0.15, 0.2) is 24.3 Å². The van der Waals surface area contributed by atoms with E-state index in [4.69, 9.17) is 9.84 Å². The van der Waals surface area contributed by atoms with Gasteiger partial charge in [-0.15, -0.1) is 0 Å². The Labute approximate surface area is 100 Å². The van der Waals surface area contributed by atoms with Crippen molar-refractivity contribution in [3.63, 3.8) is 0 Å². The van der Waals surface area contributed by atoms with Gasteiger partial charge in [-0.1, -0.05) is 26.0 Å². The molecule has 0 saturated heterocycles. The summed E-state index contributed by atoms with van der Waals surface area (Å²) in [6, 6.07) is 6.57. The molecule has 0 aliphatic rings. The number of carbonyl (C=O) groups is 2. The molecule has 92 valence electrons. The van der Waals surface area contributed by atoms with Crippen LogP contribution in [0.5, 0.6) is 5.75 Å². The number of carboxylic acids is 1. The second kappa shape index (κ2) is 5.48. The smallest absolute Gasteiger partial charge is 0.311 e. The summed E-state index contributed by atoms with van der Waals surface area (Å²) in [5.41, 5.74) is 0.711.